The number of anilines is 2. The second-order valence-electron chi connectivity index (χ2n) is 10.4. The number of benzene rings is 1. The first-order chi connectivity index (χ1) is 16.1. The molecule has 0 bridgehead atoms. The molecule has 1 atom stereocenters. The normalized spacial score (nSPS) is 23.3. The summed E-state index contributed by atoms with van der Waals surface area (Å²) in [5, 5.41) is 8.00. The minimum absolute atomic E-state index is 0.0199. The maximum Gasteiger partial charge on any atom is 0.494 e. The van der Waals surface area contributed by atoms with Crippen LogP contribution in [0.15, 0.2) is 18.2 Å². The maximum absolute atomic E-state index is 15.2. The Bertz CT molecular complexity index is 1100. The fourth-order valence-electron chi connectivity index (χ4n) is 4.72. The van der Waals surface area contributed by atoms with Crippen molar-refractivity contribution < 1.29 is 23.2 Å². The molecule has 0 saturated carbocycles. The zero-order chi connectivity index (χ0) is 24.3. The molecule has 0 radical (unpaired) electrons. The van der Waals surface area contributed by atoms with Gasteiger partial charge in [0.1, 0.15) is 5.82 Å². The molecule has 5 rings (SSSR count). The van der Waals surface area contributed by atoms with Crippen LogP contribution in [0.2, 0.25) is 0 Å². The van der Waals surface area contributed by atoms with Crippen molar-refractivity contribution in [2.75, 3.05) is 25.1 Å². The van der Waals surface area contributed by atoms with Gasteiger partial charge in [-0.15, -0.1) is 0 Å². The first-order valence-electron chi connectivity index (χ1n) is 11.9. The number of hydrogen-bond acceptors (Lipinski definition) is 6. The number of nitrogens with zero attached hydrogens (tertiary/aromatic N) is 3. The fourth-order valence-corrected chi connectivity index (χ4v) is 4.72. The van der Waals surface area contributed by atoms with Crippen molar-refractivity contribution in [3.8, 4) is 0 Å². The molecule has 1 amide bonds. The van der Waals surface area contributed by atoms with Crippen molar-refractivity contribution in [3.63, 3.8) is 0 Å². The molecule has 0 aliphatic carbocycles. The standard InChI is InChI=1S/C24H32BFN4O4/c1-15(31)29-10-8-21-18(13-29)22(28-30(21)17-9-11-32-14-17)27-20-7-6-16(12-19(20)26)25-33-23(2,3)24(4,5)34-25/h6-7,12,17H,8-11,13-14H2,1-5H3,(H,27,28). The van der Waals surface area contributed by atoms with E-state index in [4.69, 9.17) is 19.1 Å². The van der Waals surface area contributed by atoms with E-state index < -0.39 is 24.1 Å². The molecule has 1 aromatic heterocycles. The van der Waals surface area contributed by atoms with Gasteiger partial charge in [-0.1, -0.05) is 6.07 Å². The van der Waals surface area contributed by atoms with Crippen LogP contribution in [-0.2, 0) is 31.8 Å². The number of rotatable bonds is 4. The van der Waals surface area contributed by atoms with E-state index in [9.17, 15) is 4.79 Å². The molecule has 4 heterocycles. The lowest BCUT2D eigenvalue weighted by Gasteiger charge is -2.32. The Kier molecular flexibility index (Phi) is 5.73. The van der Waals surface area contributed by atoms with Gasteiger partial charge >= 0.3 is 7.12 Å². The highest BCUT2D eigenvalue weighted by molar-refractivity contribution is 6.62. The number of carbonyl (C=O) groups is 1. The van der Waals surface area contributed by atoms with E-state index in [0.717, 1.165) is 17.7 Å². The summed E-state index contributed by atoms with van der Waals surface area (Å²) in [6.45, 7) is 11.9. The van der Waals surface area contributed by atoms with Crippen LogP contribution in [0.3, 0.4) is 0 Å². The lowest BCUT2D eigenvalue weighted by molar-refractivity contribution is -0.129. The highest BCUT2D eigenvalue weighted by Gasteiger charge is 2.51. The van der Waals surface area contributed by atoms with E-state index in [2.05, 4.69) is 5.32 Å². The molecule has 10 heteroatoms. The average molecular weight is 470 g/mol. The molecule has 1 aromatic carbocycles. The average Bonchev–Trinajstić information content (AvgIpc) is 3.46. The number of fused-ring (bicyclic) bond motifs is 1. The van der Waals surface area contributed by atoms with Crippen molar-refractivity contribution in [1.82, 2.24) is 14.7 Å². The summed E-state index contributed by atoms with van der Waals surface area (Å²) in [5.41, 5.74) is 1.97. The lowest BCUT2D eigenvalue weighted by Crippen LogP contribution is -2.41. The summed E-state index contributed by atoms with van der Waals surface area (Å²) in [6.07, 6.45) is 1.60. The predicted octanol–water partition coefficient (Wildman–Crippen LogP) is 2.93. The summed E-state index contributed by atoms with van der Waals surface area (Å²) < 4.78 is 34.9. The number of hydrogen-bond donors (Lipinski definition) is 1. The van der Waals surface area contributed by atoms with Gasteiger partial charge in [0.15, 0.2) is 5.82 Å². The van der Waals surface area contributed by atoms with Crippen molar-refractivity contribution in [1.29, 1.82) is 0 Å². The van der Waals surface area contributed by atoms with Gasteiger partial charge in [0.05, 0.1) is 36.1 Å². The molecule has 2 saturated heterocycles. The summed E-state index contributed by atoms with van der Waals surface area (Å²) in [4.78, 5) is 13.8. The molecular formula is C24H32BFN4O4. The Balaban J connectivity index is 1.43. The van der Waals surface area contributed by atoms with Gasteiger partial charge in [-0.25, -0.2) is 4.39 Å². The summed E-state index contributed by atoms with van der Waals surface area (Å²) >= 11 is 0. The van der Waals surface area contributed by atoms with Crippen LogP contribution in [0, 0.1) is 5.82 Å². The first-order valence-corrected chi connectivity index (χ1v) is 11.9. The van der Waals surface area contributed by atoms with Gasteiger partial charge in [-0.05, 0) is 51.7 Å². The van der Waals surface area contributed by atoms with Gasteiger partial charge in [0.2, 0.25) is 5.91 Å². The second kappa shape index (κ2) is 8.36. The van der Waals surface area contributed by atoms with Gasteiger partial charge in [-0.3, -0.25) is 9.48 Å². The summed E-state index contributed by atoms with van der Waals surface area (Å²) in [5.74, 6) is 0.181. The molecular weight excluding hydrogens is 438 g/mol. The number of ether oxygens (including phenoxy) is 1. The molecule has 1 unspecified atom stereocenters. The topological polar surface area (TPSA) is 77.9 Å². The molecule has 34 heavy (non-hydrogen) atoms. The largest absolute Gasteiger partial charge is 0.494 e. The molecule has 3 aliphatic heterocycles. The molecule has 1 N–H and O–H groups in total. The van der Waals surface area contributed by atoms with E-state index in [0.29, 0.717) is 49.7 Å². The Labute approximate surface area is 199 Å². The zero-order valence-corrected chi connectivity index (χ0v) is 20.5. The van der Waals surface area contributed by atoms with Crippen LogP contribution in [0.4, 0.5) is 15.9 Å². The molecule has 8 nitrogen and oxygen atoms in total. The Morgan fingerprint density at radius 2 is 1.97 bits per heavy atom. The Morgan fingerprint density at radius 3 is 2.59 bits per heavy atom. The minimum Gasteiger partial charge on any atom is -0.399 e. The van der Waals surface area contributed by atoms with Crippen molar-refractivity contribution in [2.45, 2.75) is 71.2 Å². The van der Waals surface area contributed by atoms with Crippen LogP contribution in [0.1, 0.15) is 58.3 Å². The van der Waals surface area contributed by atoms with Crippen molar-refractivity contribution >= 4 is 30.0 Å². The van der Waals surface area contributed by atoms with Crippen LogP contribution in [-0.4, -0.2) is 58.7 Å². The minimum atomic E-state index is -0.632. The first kappa shape index (κ1) is 23.3. The highest BCUT2D eigenvalue weighted by Crippen LogP contribution is 2.37. The predicted molar refractivity (Wildman–Crippen MR) is 127 cm³/mol. The molecule has 3 aliphatic rings. The molecule has 2 aromatic rings. The van der Waals surface area contributed by atoms with Crippen molar-refractivity contribution in [3.05, 3.63) is 35.3 Å². The summed E-state index contributed by atoms with van der Waals surface area (Å²) in [6, 6.07) is 5.10. The number of aromatic nitrogens is 2. The van der Waals surface area contributed by atoms with Crippen LogP contribution in [0.5, 0.6) is 0 Å². The highest BCUT2D eigenvalue weighted by atomic mass is 19.1. The molecule has 2 fully saturated rings. The van der Waals surface area contributed by atoms with Crippen LogP contribution >= 0.6 is 0 Å². The van der Waals surface area contributed by atoms with Crippen LogP contribution in [0.25, 0.3) is 0 Å². The van der Waals surface area contributed by atoms with Crippen molar-refractivity contribution in [2.24, 2.45) is 0 Å². The van der Waals surface area contributed by atoms with Gasteiger partial charge in [-0.2, -0.15) is 5.10 Å². The number of nitrogens with one attached hydrogen (secondary N) is 1. The lowest BCUT2D eigenvalue weighted by atomic mass is 9.79. The van der Waals surface area contributed by atoms with E-state index in [-0.39, 0.29) is 11.9 Å². The number of carbonyl (C=O) groups excluding carboxylic acids is 1. The van der Waals surface area contributed by atoms with E-state index in [1.54, 1.807) is 17.9 Å². The van der Waals surface area contributed by atoms with E-state index in [1.165, 1.54) is 6.07 Å². The zero-order valence-electron chi connectivity index (χ0n) is 20.5. The smallest absolute Gasteiger partial charge is 0.399 e. The molecule has 182 valence electrons. The quantitative estimate of drug-likeness (QED) is 0.693. The SMILES string of the molecule is CC(=O)N1CCc2c(c(Nc3ccc(B4OC(C)(C)C(C)(C)O4)cc3F)nn2C2CCOC2)C1. The maximum atomic E-state index is 15.2. The van der Waals surface area contributed by atoms with Gasteiger partial charge in [0.25, 0.3) is 0 Å². The Hall–Kier alpha value is -2.43. The van der Waals surface area contributed by atoms with Gasteiger partial charge < -0.3 is 24.3 Å². The molecule has 0 spiro atoms. The monoisotopic (exact) mass is 470 g/mol. The third-order valence-electron chi connectivity index (χ3n) is 7.55. The third kappa shape index (κ3) is 4.01. The van der Waals surface area contributed by atoms with Gasteiger partial charge in [0, 0.05) is 37.8 Å². The summed E-state index contributed by atoms with van der Waals surface area (Å²) in [7, 11) is -0.632. The van der Waals surface area contributed by atoms with Crippen LogP contribution < -0.4 is 10.8 Å². The van der Waals surface area contributed by atoms with E-state index in [1.807, 2.05) is 38.4 Å². The fraction of sp³-hybridized carbons (Fsp3) is 0.583. The number of halogens is 1. The Morgan fingerprint density at radius 1 is 1.24 bits per heavy atom. The third-order valence-corrected chi connectivity index (χ3v) is 7.55. The van der Waals surface area contributed by atoms with E-state index >= 15 is 4.39 Å². The number of amides is 1. The second-order valence-corrected chi connectivity index (χ2v) is 10.4.